The van der Waals surface area contributed by atoms with Crippen molar-refractivity contribution in [1.82, 2.24) is 4.90 Å². The standard InChI is InChI=1S/C15H20BrNO3/c1-20-15(19)14(12-2-4-13(16)5-3-12)17-8-6-11(10-18)7-9-17/h2-5,11,14,18H,6-10H2,1H3/t14-/m1/s1. The molecule has 1 fully saturated rings. The fourth-order valence-electron chi connectivity index (χ4n) is 2.65. The van der Waals surface area contributed by atoms with Crippen molar-refractivity contribution < 1.29 is 14.6 Å². The molecular weight excluding hydrogens is 322 g/mol. The largest absolute Gasteiger partial charge is 0.468 e. The maximum absolute atomic E-state index is 12.1. The zero-order valence-electron chi connectivity index (χ0n) is 11.6. The Morgan fingerprint density at radius 1 is 1.40 bits per heavy atom. The molecule has 1 heterocycles. The Labute approximate surface area is 127 Å². The van der Waals surface area contributed by atoms with Gasteiger partial charge in [-0.25, -0.2) is 4.79 Å². The minimum atomic E-state index is -0.354. The number of carbonyl (C=O) groups excluding carboxylic acids is 1. The lowest BCUT2D eigenvalue weighted by atomic mass is 9.95. The van der Waals surface area contributed by atoms with Crippen molar-refractivity contribution in [1.29, 1.82) is 0 Å². The lowest BCUT2D eigenvalue weighted by molar-refractivity contribution is -0.148. The molecule has 2 rings (SSSR count). The second-order valence-electron chi connectivity index (χ2n) is 5.14. The Kier molecular flexibility index (Phi) is 5.57. The third-order valence-electron chi connectivity index (χ3n) is 3.88. The first-order valence-electron chi connectivity index (χ1n) is 6.84. The molecule has 1 atom stereocenters. The van der Waals surface area contributed by atoms with Crippen molar-refractivity contribution in [3.05, 3.63) is 34.3 Å². The fraction of sp³-hybridized carbons (Fsp3) is 0.533. The van der Waals surface area contributed by atoms with Crippen LogP contribution in [0.4, 0.5) is 0 Å². The van der Waals surface area contributed by atoms with Gasteiger partial charge < -0.3 is 9.84 Å². The van der Waals surface area contributed by atoms with Gasteiger partial charge in [0.1, 0.15) is 6.04 Å². The molecule has 0 radical (unpaired) electrons. The molecule has 20 heavy (non-hydrogen) atoms. The molecule has 1 saturated heterocycles. The summed E-state index contributed by atoms with van der Waals surface area (Å²) < 4.78 is 5.95. The Bertz CT molecular complexity index is 441. The van der Waals surface area contributed by atoms with Crippen LogP contribution in [0.5, 0.6) is 0 Å². The molecule has 1 aromatic carbocycles. The van der Waals surface area contributed by atoms with Crippen molar-refractivity contribution in [2.24, 2.45) is 5.92 Å². The molecule has 4 nitrogen and oxygen atoms in total. The minimum Gasteiger partial charge on any atom is -0.468 e. The van der Waals surface area contributed by atoms with Crippen LogP contribution in [0.1, 0.15) is 24.4 Å². The van der Waals surface area contributed by atoms with Crippen molar-refractivity contribution in [3.8, 4) is 0 Å². The summed E-state index contributed by atoms with van der Waals surface area (Å²) >= 11 is 3.40. The molecule has 0 bridgehead atoms. The lowest BCUT2D eigenvalue weighted by Gasteiger charge is -2.35. The number of aliphatic hydroxyl groups excluding tert-OH is 1. The average molecular weight is 342 g/mol. The number of rotatable bonds is 4. The van der Waals surface area contributed by atoms with Crippen LogP contribution in [0, 0.1) is 5.92 Å². The molecule has 0 aliphatic carbocycles. The molecule has 5 heteroatoms. The van der Waals surface area contributed by atoms with Gasteiger partial charge in [-0.05, 0) is 49.5 Å². The summed E-state index contributed by atoms with van der Waals surface area (Å²) in [5.74, 6) is 0.129. The van der Waals surface area contributed by atoms with E-state index >= 15 is 0 Å². The quantitative estimate of drug-likeness (QED) is 0.854. The van der Waals surface area contributed by atoms with Gasteiger partial charge in [-0.15, -0.1) is 0 Å². The molecular formula is C15H20BrNO3. The van der Waals surface area contributed by atoms with Crippen molar-refractivity contribution in [3.63, 3.8) is 0 Å². The second-order valence-corrected chi connectivity index (χ2v) is 6.05. The third kappa shape index (κ3) is 3.59. The maximum Gasteiger partial charge on any atom is 0.327 e. The van der Waals surface area contributed by atoms with Crippen LogP contribution in [-0.4, -0.2) is 42.8 Å². The van der Waals surface area contributed by atoms with Crippen molar-refractivity contribution in [2.45, 2.75) is 18.9 Å². The summed E-state index contributed by atoms with van der Waals surface area (Å²) in [7, 11) is 1.43. The van der Waals surface area contributed by atoms with Crippen LogP contribution in [0.15, 0.2) is 28.7 Å². The van der Waals surface area contributed by atoms with E-state index in [1.54, 1.807) is 0 Å². The van der Waals surface area contributed by atoms with Gasteiger partial charge in [-0.3, -0.25) is 4.90 Å². The topological polar surface area (TPSA) is 49.8 Å². The highest BCUT2D eigenvalue weighted by Gasteiger charge is 2.31. The number of halogens is 1. The van der Waals surface area contributed by atoms with E-state index in [1.807, 2.05) is 24.3 Å². The van der Waals surface area contributed by atoms with Gasteiger partial charge in [0.05, 0.1) is 7.11 Å². The van der Waals surface area contributed by atoms with Gasteiger partial charge in [0.15, 0.2) is 0 Å². The predicted molar refractivity (Wildman–Crippen MR) is 80.3 cm³/mol. The second kappa shape index (κ2) is 7.20. The molecule has 1 aliphatic rings. The molecule has 0 unspecified atom stereocenters. The number of ether oxygens (including phenoxy) is 1. The molecule has 0 spiro atoms. The lowest BCUT2D eigenvalue weighted by Crippen LogP contribution is -2.41. The fourth-order valence-corrected chi connectivity index (χ4v) is 2.91. The molecule has 1 N–H and O–H groups in total. The number of aliphatic hydroxyl groups is 1. The van der Waals surface area contributed by atoms with E-state index in [4.69, 9.17) is 4.74 Å². The van der Waals surface area contributed by atoms with Gasteiger partial charge in [0.2, 0.25) is 0 Å². The van der Waals surface area contributed by atoms with E-state index in [0.717, 1.165) is 36.0 Å². The van der Waals surface area contributed by atoms with Crippen LogP contribution in [0.2, 0.25) is 0 Å². The van der Waals surface area contributed by atoms with Gasteiger partial charge in [0, 0.05) is 11.1 Å². The number of hydrogen-bond acceptors (Lipinski definition) is 4. The van der Waals surface area contributed by atoms with Crippen molar-refractivity contribution in [2.75, 3.05) is 26.8 Å². The number of benzene rings is 1. The summed E-state index contributed by atoms with van der Waals surface area (Å²) in [6.07, 6.45) is 1.83. The van der Waals surface area contributed by atoms with Crippen LogP contribution in [0.3, 0.4) is 0 Å². The zero-order valence-corrected chi connectivity index (χ0v) is 13.2. The van der Waals surface area contributed by atoms with Crippen LogP contribution >= 0.6 is 15.9 Å². The summed E-state index contributed by atoms with van der Waals surface area (Å²) in [5, 5.41) is 9.20. The van der Waals surface area contributed by atoms with Gasteiger partial charge in [-0.2, -0.15) is 0 Å². The first kappa shape index (κ1) is 15.5. The van der Waals surface area contributed by atoms with Gasteiger partial charge in [0.25, 0.3) is 0 Å². The van der Waals surface area contributed by atoms with E-state index < -0.39 is 0 Å². The Morgan fingerprint density at radius 3 is 2.50 bits per heavy atom. The first-order chi connectivity index (χ1) is 9.65. The Balaban J connectivity index is 2.16. The zero-order chi connectivity index (χ0) is 14.5. The molecule has 110 valence electrons. The minimum absolute atomic E-state index is 0.227. The van der Waals surface area contributed by atoms with E-state index in [2.05, 4.69) is 20.8 Å². The Hall–Kier alpha value is -0.910. The first-order valence-corrected chi connectivity index (χ1v) is 7.63. The number of piperidine rings is 1. The van der Waals surface area contributed by atoms with Crippen LogP contribution < -0.4 is 0 Å². The maximum atomic E-state index is 12.1. The van der Waals surface area contributed by atoms with Crippen LogP contribution in [0.25, 0.3) is 0 Å². The van der Waals surface area contributed by atoms with E-state index in [1.165, 1.54) is 7.11 Å². The summed E-state index contributed by atoms with van der Waals surface area (Å²) in [5.41, 5.74) is 0.947. The van der Waals surface area contributed by atoms with Gasteiger partial charge in [-0.1, -0.05) is 28.1 Å². The number of esters is 1. The normalized spacial score (nSPS) is 18.8. The Morgan fingerprint density at radius 2 is 2.00 bits per heavy atom. The number of likely N-dealkylation sites (tertiary alicyclic amines) is 1. The number of carbonyl (C=O) groups is 1. The van der Waals surface area contributed by atoms with Crippen LogP contribution in [-0.2, 0) is 9.53 Å². The summed E-state index contributed by atoms with van der Waals surface area (Å²) in [6.45, 7) is 1.84. The van der Waals surface area contributed by atoms with Gasteiger partial charge >= 0.3 is 5.97 Å². The van der Waals surface area contributed by atoms with E-state index in [9.17, 15) is 9.90 Å². The number of hydrogen-bond donors (Lipinski definition) is 1. The predicted octanol–water partition coefficient (Wildman–Crippen LogP) is 2.37. The number of methoxy groups -OCH3 is 1. The van der Waals surface area contributed by atoms with Crippen molar-refractivity contribution >= 4 is 21.9 Å². The monoisotopic (exact) mass is 341 g/mol. The highest BCUT2D eigenvalue weighted by molar-refractivity contribution is 9.10. The SMILES string of the molecule is COC(=O)[C@@H](c1ccc(Br)cc1)N1CCC(CO)CC1. The number of nitrogens with zero attached hydrogens (tertiary/aromatic N) is 1. The molecule has 0 saturated carbocycles. The summed E-state index contributed by atoms with van der Waals surface area (Å²) in [6, 6.07) is 7.42. The molecule has 1 aromatic rings. The highest BCUT2D eigenvalue weighted by Crippen LogP contribution is 2.28. The molecule has 1 aliphatic heterocycles. The molecule has 0 aromatic heterocycles. The molecule has 0 amide bonds. The highest BCUT2D eigenvalue weighted by atomic mass is 79.9. The average Bonchev–Trinajstić information content (AvgIpc) is 2.50. The van der Waals surface area contributed by atoms with E-state index in [-0.39, 0.29) is 18.6 Å². The van der Waals surface area contributed by atoms with E-state index in [0.29, 0.717) is 5.92 Å². The smallest absolute Gasteiger partial charge is 0.327 e. The third-order valence-corrected chi connectivity index (χ3v) is 4.41. The summed E-state index contributed by atoms with van der Waals surface area (Å²) in [4.78, 5) is 14.3.